The van der Waals surface area contributed by atoms with Crippen LogP contribution in [0, 0.1) is 0 Å². The Bertz CT molecular complexity index is 114. The predicted molar refractivity (Wildman–Crippen MR) is 70.3 cm³/mol. The summed E-state index contributed by atoms with van der Waals surface area (Å²) in [6.07, 6.45) is 2.50. The Kier molecular flexibility index (Phi) is 5.19. The third kappa shape index (κ3) is 9.38. The smallest absolute Gasteiger partial charge is 0.0201 e. The Labute approximate surface area is 84.6 Å². The lowest BCUT2D eigenvalue weighted by Gasteiger charge is -2.28. The molecule has 0 spiro atoms. The summed E-state index contributed by atoms with van der Waals surface area (Å²) in [6.45, 7) is 9.07. The molecule has 0 aromatic carbocycles. The van der Waals surface area contributed by atoms with E-state index >= 15 is 0 Å². The molecule has 0 aliphatic rings. The van der Waals surface area contributed by atoms with Crippen LogP contribution in [0.4, 0.5) is 0 Å². The van der Waals surface area contributed by atoms with E-state index in [2.05, 4.69) is 55.4 Å². The first kappa shape index (κ1) is 13.3. The second-order valence-corrected chi connectivity index (χ2v) is 9.21. The molecule has 74 valence electrons. The van der Waals surface area contributed by atoms with Crippen LogP contribution in [-0.4, -0.2) is 16.0 Å². The van der Waals surface area contributed by atoms with E-state index < -0.39 is 0 Å². The molecule has 0 aromatic rings. The molecule has 0 aliphatic carbocycles. The standard InChI is InChI=1S/C9H23P3/c1-8(2,11)5-7(10)6-9(3,4)12/h7H,5-6,10-12H2,1-4H3. The lowest BCUT2D eigenvalue weighted by molar-refractivity contribution is 0.540. The van der Waals surface area contributed by atoms with Gasteiger partial charge in [-0.3, -0.25) is 0 Å². The normalized spacial score (nSPS) is 14.0. The highest BCUT2D eigenvalue weighted by Gasteiger charge is 2.20. The van der Waals surface area contributed by atoms with Gasteiger partial charge in [0, 0.05) is 0 Å². The fourth-order valence-corrected chi connectivity index (χ4v) is 3.79. The van der Waals surface area contributed by atoms with Gasteiger partial charge in [0.1, 0.15) is 0 Å². The van der Waals surface area contributed by atoms with Crippen molar-refractivity contribution < 1.29 is 0 Å². The number of rotatable bonds is 4. The molecule has 0 fully saturated rings. The molecule has 0 rings (SSSR count). The predicted octanol–water partition coefficient (Wildman–Crippen LogP) is 3.32. The van der Waals surface area contributed by atoms with Crippen molar-refractivity contribution in [1.29, 1.82) is 0 Å². The van der Waals surface area contributed by atoms with Gasteiger partial charge in [0.2, 0.25) is 0 Å². The molecule has 0 saturated carbocycles. The average Bonchev–Trinajstić information content (AvgIpc) is 1.49. The zero-order valence-electron chi connectivity index (χ0n) is 8.72. The van der Waals surface area contributed by atoms with Crippen LogP contribution in [0.1, 0.15) is 40.5 Å². The maximum Gasteiger partial charge on any atom is -0.0201 e. The van der Waals surface area contributed by atoms with E-state index in [4.69, 9.17) is 0 Å². The van der Waals surface area contributed by atoms with E-state index in [1.54, 1.807) is 0 Å². The molecule has 0 heterocycles. The first-order valence-electron chi connectivity index (χ1n) is 4.43. The van der Waals surface area contributed by atoms with Crippen molar-refractivity contribution >= 4 is 27.7 Å². The van der Waals surface area contributed by atoms with Crippen LogP contribution in [0.25, 0.3) is 0 Å². The monoisotopic (exact) mass is 224 g/mol. The summed E-state index contributed by atoms with van der Waals surface area (Å²) in [4.78, 5) is 0. The van der Waals surface area contributed by atoms with E-state index in [9.17, 15) is 0 Å². The van der Waals surface area contributed by atoms with Gasteiger partial charge in [0.05, 0.1) is 0 Å². The molecule has 0 nitrogen and oxygen atoms in total. The summed E-state index contributed by atoms with van der Waals surface area (Å²) in [5, 5.41) is 0.755. The van der Waals surface area contributed by atoms with Crippen molar-refractivity contribution in [3.8, 4) is 0 Å². The maximum absolute atomic E-state index is 2.96. The largest absolute Gasteiger partial charge is 0.134 e. The van der Waals surface area contributed by atoms with Crippen LogP contribution < -0.4 is 0 Å². The average molecular weight is 224 g/mol. The summed E-state index contributed by atoms with van der Waals surface area (Å²) in [5.41, 5.74) is 0.727. The van der Waals surface area contributed by atoms with Gasteiger partial charge in [-0.15, -0.1) is 27.7 Å². The fourth-order valence-electron chi connectivity index (χ4n) is 1.42. The number of hydrogen-bond acceptors (Lipinski definition) is 0. The SMILES string of the molecule is CC(C)(P)CC(P)CC(C)(C)P. The molecule has 0 aromatic heterocycles. The number of hydrogen-bond donors (Lipinski definition) is 0. The van der Waals surface area contributed by atoms with Crippen LogP contribution in [0.3, 0.4) is 0 Å². The van der Waals surface area contributed by atoms with Gasteiger partial charge in [0.25, 0.3) is 0 Å². The Hall–Kier alpha value is 1.29. The minimum atomic E-state index is 0.377. The van der Waals surface area contributed by atoms with Crippen molar-refractivity contribution in [2.45, 2.75) is 56.5 Å². The Balaban J connectivity index is 3.83. The highest BCUT2D eigenvalue weighted by Crippen LogP contribution is 2.33. The van der Waals surface area contributed by atoms with Gasteiger partial charge in [-0.1, -0.05) is 27.7 Å². The van der Waals surface area contributed by atoms with Crippen LogP contribution in [0.15, 0.2) is 0 Å². The first-order chi connectivity index (χ1) is 5.10. The van der Waals surface area contributed by atoms with Crippen molar-refractivity contribution in [2.24, 2.45) is 0 Å². The molecular weight excluding hydrogens is 201 g/mol. The zero-order chi connectivity index (χ0) is 9.99. The Morgan fingerprint density at radius 3 is 1.33 bits per heavy atom. The van der Waals surface area contributed by atoms with Crippen molar-refractivity contribution in [2.75, 3.05) is 0 Å². The third-order valence-corrected chi connectivity index (χ3v) is 2.52. The lowest BCUT2D eigenvalue weighted by Crippen LogP contribution is -2.22. The zero-order valence-corrected chi connectivity index (χ0v) is 12.2. The molecule has 12 heavy (non-hydrogen) atoms. The molecule has 0 aliphatic heterocycles. The van der Waals surface area contributed by atoms with Crippen LogP contribution in [0.5, 0.6) is 0 Å². The summed E-state index contributed by atoms with van der Waals surface area (Å²) in [7, 11) is 8.78. The summed E-state index contributed by atoms with van der Waals surface area (Å²) in [6, 6.07) is 0. The van der Waals surface area contributed by atoms with Gasteiger partial charge < -0.3 is 0 Å². The van der Waals surface area contributed by atoms with Crippen molar-refractivity contribution in [3.63, 3.8) is 0 Å². The Morgan fingerprint density at radius 1 is 0.917 bits per heavy atom. The third-order valence-electron chi connectivity index (χ3n) is 1.58. The van der Waals surface area contributed by atoms with E-state index in [0.29, 0.717) is 10.3 Å². The minimum absolute atomic E-state index is 0.377. The molecule has 3 atom stereocenters. The van der Waals surface area contributed by atoms with Crippen molar-refractivity contribution in [1.82, 2.24) is 0 Å². The van der Waals surface area contributed by atoms with E-state index in [1.807, 2.05) is 0 Å². The molecule has 3 unspecified atom stereocenters. The molecular formula is C9H23P3. The fraction of sp³-hybridized carbons (Fsp3) is 1.00. The first-order valence-corrected chi connectivity index (χ1v) is 6.26. The van der Waals surface area contributed by atoms with E-state index in [0.717, 1.165) is 5.66 Å². The van der Waals surface area contributed by atoms with Gasteiger partial charge in [-0.25, -0.2) is 0 Å². The molecule has 3 heteroatoms. The second kappa shape index (κ2) is 4.68. The Morgan fingerprint density at radius 2 is 1.17 bits per heavy atom. The lowest BCUT2D eigenvalue weighted by atomic mass is 9.99. The second-order valence-electron chi connectivity index (χ2n) is 5.15. The van der Waals surface area contributed by atoms with Gasteiger partial charge in [-0.2, -0.15) is 0 Å². The van der Waals surface area contributed by atoms with Crippen LogP contribution in [-0.2, 0) is 0 Å². The minimum Gasteiger partial charge on any atom is -0.134 e. The summed E-state index contributed by atoms with van der Waals surface area (Å²) < 4.78 is 0. The quantitative estimate of drug-likeness (QED) is 0.642. The van der Waals surface area contributed by atoms with Crippen LogP contribution in [0.2, 0.25) is 0 Å². The molecule has 0 radical (unpaired) electrons. The van der Waals surface area contributed by atoms with E-state index in [-0.39, 0.29) is 0 Å². The van der Waals surface area contributed by atoms with Crippen LogP contribution >= 0.6 is 27.7 Å². The van der Waals surface area contributed by atoms with Gasteiger partial charge in [-0.05, 0) is 28.8 Å². The maximum atomic E-state index is 2.96. The highest BCUT2D eigenvalue weighted by molar-refractivity contribution is 7.20. The molecule has 0 saturated heterocycles. The highest BCUT2D eigenvalue weighted by atomic mass is 31.0. The molecule has 0 bridgehead atoms. The molecule has 0 amide bonds. The summed E-state index contributed by atoms with van der Waals surface area (Å²) >= 11 is 0. The topological polar surface area (TPSA) is 0 Å². The summed E-state index contributed by atoms with van der Waals surface area (Å²) in [5.74, 6) is 0. The molecule has 0 N–H and O–H groups in total. The van der Waals surface area contributed by atoms with Crippen molar-refractivity contribution in [3.05, 3.63) is 0 Å². The van der Waals surface area contributed by atoms with E-state index in [1.165, 1.54) is 12.8 Å². The van der Waals surface area contributed by atoms with Gasteiger partial charge >= 0.3 is 0 Å². The van der Waals surface area contributed by atoms with Gasteiger partial charge in [0.15, 0.2) is 0 Å².